The van der Waals surface area contributed by atoms with E-state index in [0.29, 0.717) is 0 Å². The number of likely N-dealkylation sites (tertiary alicyclic amines) is 1. The van der Waals surface area contributed by atoms with E-state index >= 15 is 0 Å². The van der Waals surface area contributed by atoms with Gasteiger partial charge in [-0.25, -0.2) is 0 Å². The van der Waals surface area contributed by atoms with Crippen molar-refractivity contribution in [3.63, 3.8) is 0 Å². The van der Waals surface area contributed by atoms with Crippen LogP contribution in [0.15, 0.2) is 39.2 Å². The number of rotatable bonds is 21. The van der Waals surface area contributed by atoms with E-state index in [9.17, 15) is 5.11 Å². The van der Waals surface area contributed by atoms with Crippen molar-refractivity contribution in [2.45, 2.75) is 135 Å². The summed E-state index contributed by atoms with van der Waals surface area (Å²) in [5.74, 6) is 0. The van der Waals surface area contributed by atoms with Crippen LogP contribution in [0, 0.1) is 0 Å². The molecule has 1 N–H and O–H groups in total. The van der Waals surface area contributed by atoms with Crippen molar-refractivity contribution in [1.29, 1.82) is 0 Å². The van der Waals surface area contributed by atoms with Gasteiger partial charge < -0.3 is 10.0 Å². The zero-order valence-electron chi connectivity index (χ0n) is 24.3. The Kier molecular flexibility index (Phi) is 16.6. The van der Waals surface area contributed by atoms with Crippen LogP contribution < -0.4 is 0 Å². The van der Waals surface area contributed by atoms with Crippen molar-refractivity contribution in [2.75, 3.05) is 19.6 Å². The molecule has 0 radical (unpaired) electrons. The average Bonchev–Trinajstić information content (AvgIpc) is 3.65. The third kappa shape index (κ3) is 12.5. The zero-order valence-corrected chi connectivity index (χ0v) is 25.9. The summed E-state index contributed by atoms with van der Waals surface area (Å²) in [6, 6.07) is 4.53. The second kappa shape index (κ2) is 20.0. The minimum absolute atomic E-state index is 0.166. The number of β-amino-alcohol motifs (C(OH)–C–C–N with tert-alkyl or cyclic N) is 1. The molecule has 1 aliphatic heterocycles. The highest BCUT2D eigenvalue weighted by atomic mass is 32.1. The molecule has 0 spiro atoms. The molecule has 0 bridgehead atoms. The summed E-state index contributed by atoms with van der Waals surface area (Å²) >= 11 is 3.57. The molecule has 2 aromatic rings. The minimum Gasteiger partial charge on any atom is -0.392 e. The van der Waals surface area contributed by atoms with Crippen LogP contribution in [-0.2, 0) is 0 Å². The Hall–Kier alpha value is -0.940. The van der Waals surface area contributed by atoms with Crippen LogP contribution in [0.25, 0.3) is 5.57 Å². The first kappa shape index (κ1) is 31.6. The smallest absolute Gasteiger partial charge is 0.0667 e. The summed E-state index contributed by atoms with van der Waals surface area (Å²) in [6.45, 7) is 5.29. The van der Waals surface area contributed by atoms with Gasteiger partial charge in [0.1, 0.15) is 0 Å². The molecular formula is C34H55NOS2. The third-order valence-corrected chi connectivity index (χ3v) is 9.66. The lowest BCUT2D eigenvalue weighted by Gasteiger charge is -2.31. The molecule has 2 aromatic heterocycles. The third-order valence-electron chi connectivity index (χ3n) is 8.29. The van der Waals surface area contributed by atoms with Crippen molar-refractivity contribution < 1.29 is 5.11 Å². The molecular weight excluding hydrogens is 503 g/mol. The lowest BCUT2D eigenvalue weighted by Crippen LogP contribution is -2.37. The van der Waals surface area contributed by atoms with Crippen molar-refractivity contribution in [3.05, 3.63) is 50.4 Å². The molecule has 3 heterocycles. The number of aliphatic hydroxyl groups is 1. The van der Waals surface area contributed by atoms with Gasteiger partial charge in [-0.2, -0.15) is 22.7 Å². The Bertz CT molecular complexity index is 796. The van der Waals surface area contributed by atoms with Gasteiger partial charge >= 0.3 is 0 Å². The van der Waals surface area contributed by atoms with Gasteiger partial charge in [0.15, 0.2) is 0 Å². The predicted octanol–water partition coefficient (Wildman–Crippen LogP) is 10.7. The monoisotopic (exact) mass is 557 g/mol. The number of piperidine rings is 1. The lowest BCUT2D eigenvalue weighted by atomic mass is 9.91. The van der Waals surface area contributed by atoms with Gasteiger partial charge in [-0.1, -0.05) is 115 Å². The SMILES string of the molecule is CCCCCCCCCCCCCCCCCCC(O)CN1CCC(=C(c2ccsc2)c2ccsc2)CC1. The highest BCUT2D eigenvalue weighted by Gasteiger charge is 2.21. The first-order chi connectivity index (χ1) is 18.8. The molecule has 1 saturated heterocycles. The number of nitrogens with zero attached hydrogens (tertiary/aromatic N) is 1. The van der Waals surface area contributed by atoms with E-state index in [2.05, 4.69) is 45.5 Å². The first-order valence-electron chi connectivity index (χ1n) is 16.0. The van der Waals surface area contributed by atoms with Crippen LogP contribution in [-0.4, -0.2) is 35.7 Å². The van der Waals surface area contributed by atoms with Gasteiger partial charge in [0.25, 0.3) is 0 Å². The largest absolute Gasteiger partial charge is 0.392 e. The summed E-state index contributed by atoms with van der Waals surface area (Å²) in [4.78, 5) is 2.49. The number of aliphatic hydroxyl groups excluding tert-OH is 1. The molecule has 1 atom stereocenters. The Balaban J connectivity index is 1.17. The second-order valence-corrected chi connectivity index (χ2v) is 13.1. The number of thiophene rings is 2. The maximum atomic E-state index is 10.6. The Morgan fingerprint density at radius 1 is 0.711 bits per heavy atom. The van der Waals surface area contributed by atoms with Crippen LogP contribution in [0.2, 0.25) is 0 Å². The Labute approximate surface area is 242 Å². The fraction of sp³-hybridized carbons (Fsp3) is 0.706. The van der Waals surface area contributed by atoms with E-state index in [-0.39, 0.29) is 6.10 Å². The van der Waals surface area contributed by atoms with Crippen molar-refractivity contribution >= 4 is 28.2 Å². The molecule has 1 aliphatic rings. The Morgan fingerprint density at radius 2 is 1.16 bits per heavy atom. The van der Waals surface area contributed by atoms with Gasteiger partial charge in [0.2, 0.25) is 0 Å². The van der Waals surface area contributed by atoms with E-state index in [1.165, 1.54) is 119 Å². The molecule has 3 rings (SSSR count). The fourth-order valence-electron chi connectivity index (χ4n) is 5.96. The second-order valence-electron chi connectivity index (χ2n) is 11.5. The topological polar surface area (TPSA) is 23.5 Å². The fourth-order valence-corrected chi connectivity index (χ4v) is 7.25. The van der Waals surface area contributed by atoms with Crippen molar-refractivity contribution in [1.82, 2.24) is 4.90 Å². The number of unbranched alkanes of at least 4 members (excludes halogenated alkanes) is 15. The van der Waals surface area contributed by atoms with Gasteiger partial charge in [-0.05, 0) is 69.6 Å². The molecule has 38 heavy (non-hydrogen) atoms. The molecule has 0 amide bonds. The van der Waals surface area contributed by atoms with Crippen LogP contribution >= 0.6 is 22.7 Å². The molecule has 1 fully saturated rings. The summed E-state index contributed by atoms with van der Waals surface area (Å²) in [5.41, 5.74) is 5.80. The van der Waals surface area contributed by atoms with Crippen LogP contribution in [0.5, 0.6) is 0 Å². The summed E-state index contributed by atoms with van der Waals surface area (Å²) in [7, 11) is 0. The molecule has 4 heteroatoms. The van der Waals surface area contributed by atoms with E-state index in [1.807, 2.05) is 0 Å². The summed E-state index contributed by atoms with van der Waals surface area (Å²) in [5, 5.41) is 19.6. The normalized spacial score (nSPS) is 15.3. The highest BCUT2D eigenvalue weighted by Crippen LogP contribution is 2.34. The molecule has 0 saturated carbocycles. The van der Waals surface area contributed by atoms with Crippen LogP contribution in [0.3, 0.4) is 0 Å². The van der Waals surface area contributed by atoms with Gasteiger partial charge in [0, 0.05) is 19.6 Å². The summed E-state index contributed by atoms with van der Waals surface area (Å²) in [6.07, 6.45) is 25.4. The molecule has 0 aliphatic carbocycles. The molecule has 0 aromatic carbocycles. The average molecular weight is 558 g/mol. The molecule has 2 nitrogen and oxygen atoms in total. The maximum absolute atomic E-state index is 10.6. The Morgan fingerprint density at radius 3 is 1.58 bits per heavy atom. The van der Waals surface area contributed by atoms with E-state index in [0.717, 1.165) is 38.9 Å². The number of hydrogen-bond donors (Lipinski definition) is 1. The van der Waals surface area contributed by atoms with Crippen molar-refractivity contribution in [3.8, 4) is 0 Å². The predicted molar refractivity (Wildman–Crippen MR) is 171 cm³/mol. The maximum Gasteiger partial charge on any atom is 0.0667 e. The summed E-state index contributed by atoms with van der Waals surface area (Å²) < 4.78 is 0. The lowest BCUT2D eigenvalue weighted by molar-refractivity contribution is 0.0987. The molecule has 1 unspecified atom stereocenters. The number of hydrogen-bond acceptors (Lipinski definition) is 4. The highest BCUT2D eigenvalue weighted by molar-refractivity contribution is 7.08. The van der Waals surface area contributed by atoms with Crippen LogP contribution in [0.4, 0.5) is 0 Å². The first-order valence-corrected chi connectivity index (χ1v) is 17.8. The van der Waals surface area contributed by atoms with Crippen molar-refractivity contribution in [2.24, 2.45) is 0 Å². The van der Waals surface area contributed by atoms with Gasteiger partial charge in [0.05, 0.1) is 6.10 Å². The zero-order chi connectivity index (χ0) is 26.7. The standard InChI is InChI=1S/C34H55NOS2/c1-2-3-4-5-6-7-8-9-10-11-12-13-14-15-16-17-18-33(36)27-35-23-19-30(20-24-35)34(31-21-25-37-28-31)32-22-26-38-29-32/h21-22,25-26,28-29,33,36H,2-20,23-24,27H2,1H3. The van der Waals surface area contributed by atoms with Crippen LogP contribution in [0.1, 0.15) is 140 Å². The van der Waals surface area contributed by atoms with E-state index in [1.54, 1.807) is 28.2 Å². The van der Waals surface area contributed by atoms with E-state index in [4.69, 9.17) is 0 Å². The van der Waals surface area contributed by atoms with Gasteiger partial charge in [-0.3, -0.25) is 0 Å². The van der Waals surface area contributed by atoms with E-state index < -0.39 is 0 Å². The minimum atomic E-state index is -0.166. The molecule has 214 valence electrons. The van der Waals surface area contributed by atoms with Gasteiger partial charge in [-0.15, -0.1) is 0 Å². The quantitative estimate of drug-likeness (QED) is 0.154.